The Morgan fingerprint density at radius 2 is 1.60 bits per heavy atom. The molecule has 0 aliphatic rings. The molecular formula is C34H45N3O4S. The molecular weight excluding hydrogens is 546 g/mol. The van der Waals surface area contributed by atoms with Gasteiger partial charge in [0, 0.05) is 18.0 Å². The lowest BCUT2D eigenvalue weighted by molar-refractivity contribution is -0.140. The number of amides is 3. The number of anilines is 1. The second kappa shape index (κ2) is 15.6. The van der Waals surface area contributed by atoms with Crippen molar-refractivity contribution in [3.05, 3.63) is 77.9 Å². The number of carbonyl (C=O) groups excluding carboxylic acids is 3. The Hall–Kier alpha value is -3.52. The summed E-state index contributed by atoms with van der Waals surface area (Å²) in [6, 6.07) is 19.6. The molecule has 0 fully saturated rings. The van der Waals surface area contributed by atoms with E-state index in [1.165, 1.54) is 0 Å². The first kappa shape index (κ1) is 33.0. The van der Waals surface area contributed by atoms with Crippen molar-refractivity contribution in [2.24, 2.45) is 0 Å². The number of nitrogens with one attached hydrogen (secondary N) is 2. The van der Waals surface area contributed by atoms with E-state index < -0.39 is 23.8 Å². The molecule has 3 aromatic rings. The maximum absolute atomic E-state index is 14.1. The van der Waals surface area contributed by atoms with Gasteiger partial charge in [-0.25, -0.2) is 4.79 Å². The van der Waals surface area contributed by atoms with Crippen LogP contribution in [-0.2, 0) is 20.7 Å². The Morgan fingerprint density at radius 1 is 0.905 bits per heavy atom. The van der Waals surface area contributed by atoms with Crippen LogP contribution in [0.5, 0.6) is 0 Å². The van der Waals surface area contributed by atoms with E-state index in [4.69, 9.17) is 4.74 Å². The highest BCUT2D eigenvalue weighted by molar-refractivity contribution is 7.80. The molecule has 0 saturated carbocycles. The van der Waals surface area contributed by atoms with Crippen LogP contribution in [0.2, 0.25) is 0 Å². The fourth-order valence-corrected chi connectivity index (χ4v) is 5.04. The highest BCUT2D eigenvalue weighted by Gasteiger charge is 2.35. The van der Waals surface area contributed by atoms with E-state index in [1.54, 1.807) is 25.7 Å². The lowest BCUT2D eigenvalue weighted by atomic mass is 9.99. The van der Waals surface area contributed by atoms with Crippen LogP contribution in [-0.4, -0.2) is 46.7 Å². The molecule has 226 valence electrons. The van der Waals surface area contributed by atoms with Gasteiger partial charge in [-0.15, -0.1) is 0 Å². The number of unbranched alkanes of at least 4 members (excludes halogenated alkanes) is 3. The van der Waals surface area contributed by atoms with Gasteiger partial charge >= 0.3 is 6.09 Å². The van der Waals surface area contributed by atoms with Crippen molar-refractivity contribution in [3.63, 3.8) is 0 Å². The monoisotopic (exact) mass is 591 g/mol. The van der Waals surface area contributed by atoms with Crippen LogP contribution in [0.3, 0.4) is 0 Å². The molecule has 0 aromatic heterocycles. The first-order chi connectivity index (χ1) is 20.1. The Labute approximate surface area is 255 Å². The summed E-state index contributed by atoms with van der Waals surface area (Å²) < 4.78 is 5.41. The van der Waals surface area contributed by atoms with Gasteiger partial charge in [0.25, 0.3) is 5.91 Å². The summed E-state index contributed by atoms with van der Waals surface area (Å²) in [5.41, 5.74) is 1.75. The summed E-state index contributed by atoms with van der Waals surface area (Å²) in [5.74, 6) is -0.656. The molecule has 3 rings (SSSR count). The van der Waals surface area contributed by atoms with Crippen molar-refractivity contribution in [2.75, 3.05) is 17.6 Å². The van der Waals surface area contributed by atoms with E-state index >= 15 is 0 Å². The summed E-state index contributed by atoms with van der Waals surface area (Å²) in [6.45, 7) is 9.83. The molecule has 0 heterocycles. The number of hydrogen-bond acceptors (Lipinski definition) is 5. The third-order valence-corrected chi connectivity index (χ3v) is 7.35. The Balaban J connectivity index is 1.99. The van der Waals surface area contributed by atoms with Crippen LogP contribution < -0.4 is 10.6 Å². The first-order valence-electron chi connectivity index (χ1n) is 14.9. The minimum Gasteiger partial charge on any atom is -0.444 e. The predicted octanol–water partition coefficient (Wildman–Crippen LogP) is 7.31. The predicted molar refractivity (Wildman–Crippen MR) is 174 cm³/mol. The molecule has 3 amide bonds. The van der Waals surface area contributed by atoms with E-state index in [2.05, 4.69) is 37.1 Å². The van der Waals surface area contributed by atoms with Crippen molar-refractivity contribution in [1.29, 1.82) is 0 Å². The Bertz CT molecular complexity index is 1340. The lowest BCUT2D eigenvalue weighted by Crippen LogP contribution is -2.53. The van der Waals surface area contributed by atoms with E-state index in [0.29, 0.717) is 17.8 Å². The maximum atomic E-state index is 14.1. The number of alkyl carbamates (subject to hydrolysis) is 1. The van der Waals surface area contributed by atoms with Gasteiger partial charge in [-0.1, -0.05) is 87.7 Å². The van der Waals surface area contributed by atoms with E-state index in [1.807, 2.05) is 66.7 Å². The number of thiol groups is 1. The summed E-state index contributed by atoms with van der Waals surface area (Å²) in [4.78, 5) is 42.5. The number of hydrogen-bond donors (Lipinski definition) is 3. The van der Waals surface area contributed by atoms with Gasteiger partial charge in [0.2, 0.25) is 5.91 Å². The minimum atomic E-state index is -0.972. The number of nitrogens with zero attached hydrogens (tertiary/aromatic N) is 1. The number of benzene rings is 3. The summed E-state index contributed by atoms with van der Waals surface area (Å²) in [5, 5.41) is 7.81. The van der Waals surface area contributed by atoms with Gasteiger partial charge in [0.1, 0.15) is 17.7 Å². The topological polar surface area (TPSA) is 87.7 Å². The van der Waals surface area contributed by atoms with Crippen LogP contribution in [0.25, 0.3) is 10.8 Å². The number of rotatable bonds is 13. The van der Waals surface area contributed by atoms with Crippen molar-refractivity contribution in [3.8, 4) is 0 Å². The van der Waals surface area contributed by atoms with Crippen LogP contribution in [0.1, 0.15) is 77.5 Å². The van der Waals surface area contributed by atoms with Crippen LogP contribution >= 0.6 is 12.6 Å². The van der Waals surface area contributed by atoms with E-state index in [0.717, 1.165) is 48.4 Å². The zero-order valence-corrected chi connectivity index (χ0v) is 26.4. The van der Waals surface area contributed by atoms with Crippen LogP contribution in [0, 0.1) is 0 Å². The highest BCUT2D eigenvalue weighted by Crippen LogP contribution is 2.27. The molecule has 7 nitrogen and oxygen atoms in total. The third kappa shape index (κ3) is 9.51. The van der Waals surface area contributed by atoms with Gasteiger partial charge in [-0.2, -0.15) is 12.6 Å². The van der Waals surface area contributed by atoms with Crippen molar-refractivity contribution in [2.45, 2.75) is 84.4 Å². The summed E-state index contributed by atoms with van der Waals surface area (Å²) in [7, 11) is 0. The fourth-order valence-electron chi connectivity index (χ4n) is 4.80. The van der Waals surface area contributed by atoms with Gasteiger partial charge in [0.05, 0.1) is 0 Å². The molecule has 0 bridgehead atoms. The van der Waals surface area contributed by atoms with Gasteiger partial charge in [-0.3, -0.25) is 9.59 Å². The standard InChI is InChI=1S/C34H45N3O4S/c1-6-8-9-12-21-37(32(39)29(23-42)36-33(40)41-34(3,4)5)30(26-17-15-24(7-2)16-18-26)31(38)35-28-20-19-25-13-10-11-14-27(25)22-28/h10-11,13-20,22,29-30,42H,6-9,12,21,23H2,1-5H3,(H,35,38)(H,36,40). The molecule has 8 heteroatoms. The zero-order valence-electron chi connectivity index (χ0n) is 25.5. The molecule has 3 aromatic carbocycles. The highest BCUT2D eigenvalue weighted by atomic mass is 32.1. The molecule has 42 heavy (non-hydrogen) atoms. The van der Waals surface area contributed by atoms with Crippen molar-refractivity contribution in [1.82, 2.24) is 10.2 Å². The minimum absolute atomic E-state index is 0.0529. The quantitative estimate of drug-likeness (QED) is 0.144. The van der Waals surface area contributed by atoms with Crippen LogP contribution in [0.15, 0.2) is 66.7 Å². The van der Waals surface area contributed by atoms with Gasteiger partial charge in [-0.05, 0) is 67.6 Å². The number of fused-ring (bicyclic) bond motifs is 1. The average molecular weight is 592 g/mol. The normalized spacial score (nSPS) is 12.8. The van der Waals surface area contributed by atoms with Gasteiger partial charge in [0.15, 0.2) is 0 Å². The third-order valence-electron chi connectivity index (χ3n) is 6.99. The fraction of sp³-hybridized carbons (Fsp3) is 0.441. The average Bonchev–Trinajstić information content (AvgIpc) is 2.96. The summed E-state index contributed by atoms with van der Waals surface area (Å²) >= 11 is 4.39. The van der Waals surface area contributed by atoms with Crippen LogP contribution in [0.4, 0.5) is 10.5 Å². The Kier molecular flexibility index (Phi) is 12.3. The van der Waals surface area contributed by atoms with Gasteiger partial charge < -0.3 is 20.3 Å². The zero-order chi connectivity index (χ0) is 30.7. The second-order valence-corrected chi connectivity index (χ2v) is 11.9. The molecule has 0 aliphatic carbocycles. The Morgan fingerprint density at radius 3 is 2.21 bits per heavy atom. The maximum Gasteiger partial charge on any atom is 0.408 e. The smallest absolute Gasteiger partial charge is 0.408 e. The summed E-state index contributed by atoms with van der Waals surface area (Å²) in [6.07, 6.45) is 3.85. The molecule has 0 radical (unpaired) electrons. The molecule has 2 unspecified atom stereocenters. The number of aryl methyl sites for hydroxylation is 1. The van der Waals surface area contributed by atoms with Crippen molar-refractivity contribution >= 4 is 47.0 Å². The number of ether oxygens (including phenoxy) is 1. The molecule has 0 spiro atoms. The molecule has 2 atom stereocenters. The molecule has 0 aliphatic heterocycles. The van der Waals surface area contributed by atoms with E-state index in [9.17, 15) is 14.4 Å². The molecule has 2 N–H and O–H groups in total. The SMILES string of the molecule is CCCCCCN(C(=O)C(CS)NC(=O)OC(C)(C)C)C(C(=O)Nc1ccc2ccccc2c1)c1ccc(CC)cc1. The van der Waals surface area contributed by atoms with E-state index in [-0.39, 0.29) is 17.6 Å². The second-order valence-electron chi connectivity index (χ2n) is 11.5. The first-order valence-corrected chi connectivity index (χ1v) is 15.5. The lowest BCUT2D eigenvalue weighted by Gasteiger charge is -2.34. The molecule has 0 saturated heterocycles. The van der Waals surface area contributed by atoms with Crippen molar-refractivity contribution < 1.29 is 19.1 Å². The number of carbonyl (C=O) groups is 3. The largest absolute Gasteiger partial charge is 0.444 e.